The van der Waals surface area contributed by atoms with Crippen LogP contribution in [-0.4, -0.2) is 20.1 Å². The maximum absolute atomic E-state index is 13.9. The summed E-state index contributed by atoms with van der Waals surface area (Å²) >= 11 is 0. The van der Waals surface area contributed by atoms with E-state index < -0.39 is 5.95 Å². The summed E-state index contributed by atoms with van der Waals surface area (Å²) < 4.78 is 24.9. The van der Waals surface area contributed by atoms with Crippen molar-refractivity contribution in [2.75, 3.05) is 0 Å². The van der Waals surface area contributed by atoms with Gasteiger partial charge in [-0.05, 0) is 36.8 Å². The first-order chi connectivity index (χ1) is 13.2. The molecule has 0 radical (unpaired) electrons. The van der Waals surface area contributed by atoms with Gasteiger partial charge in [0.2, 0.25) is 11.8 Å². The van der Waals surface area contributed by atoms with Crippen molar-refractivity contribution in [1.29, 1.82) is 0 Å². The van der Waals surface area contributed by atoms with E-state index in [0.29, 0.717) is 23.7 Å². The molecule has 7 heteroatoms. The van der Waals surface area contributed by atoms with E-state index in [1.807, 2.05) is 37.3 Å². The Kier molecular flexibility index (Phi) is 4.57. The molecule has 3 aromatic heterocycles. The van der Waals surface area contributed by atoms with Crippen molar-refractivity contribution in [3.8, 4) is 28.6 Å². The van der Waals surface area contributed by atoms with E-state index in [1.54, 1.807) is 24.5 Å². The summed E-state index contributed by atoms with van der Waals surface area (Å²) in [4.78, 5) is 12.0. The lowest BCUT2D eigenvalue weighted by atomic mass is 10.2. The molecule has 0 atom stereocenters. The van der Waals surface area contributed by atoms with Crippen LogP contribution in [-0.2, 0) is 6.61 Å². The van der Waals surface area contributed by atoms with E-state index in [1.165, 1.54) is 6.20 Å². The van der Waals surface area contributed by atoms with Gasteiger partial charge in [-0.2, -0.15) is 9.37 Å². The summed E-state index contributed by atoms with van der Waals surface area (Å²) in [5.41, 5.74) is 2.65. The van der Waals surface area contributed by atoms with E-state index in [4.69, 9.17) is 9.26 Å². The fourth-order valence-corrected chi connectivity index (χ4v) is 2.53. The highest BCUT2D eigenvalue weighted by Gasteiger charge is 2.16. The summed E-state index contributed by atoms with van der Waals surface area (Å²) in [5.74, 6) is 0.438. The average Bonchev–Trinajstić information content (AvgIpc) is 3.19. The summed E-state index contributed by atoms with van der Waals surface area (Å²) in [6.45, 7) is 2.21. The van der Waals surface area contributed by atoms with Gasteiger partial charge in [0, 0.05) is 29.7 Å². The van der Waals surface area contributed by atoms with E-state index >= 15 is 0 Å². The monoisotopic (exact) mass is 362 g/mol. The second-order valence-corrected chi connectivity index (χ2v) is 5.95. The van der Waals surface area contributed by atoms with Crippen molar-refractivity contribution in [1.82, 2.24) is 20.1 Å². The number of halogens is 1. The number of hydrogen-bond acceptors (Lipinski definition) is 6. The number of rotatable bonds is 5. The zero-order chi connectivity index (χ0) is 18.6. The Morgan fingerprint density at radius 3 is 2.89 bits per heavy atom. The average molecular weight is 362 g/mol. The van der Waals surface area contributed by atoms with Gasteiger partial charge in [-0.1, -0.05) is 23.4 Å². The summed E-state index contributed by atoms with van der Waals surface area (Å²) in [6.07, 6.45) is 4.91. The molecule has 4 rings (SSSR count). The fraction of sp³-hybridized carbons (Fsp3) is 0.100. The molecule has 0 fully saturated rings. The molecule has 0 saturated heterocycles. The molecule has 6 nitrogen and oxygen atoms in total. The number of aryl methyl sites for hydroxylation is 1. The lowest BCUT2D eigenvalue weighted by molar-refractivity contribution is 0.306. The van der Waals surface area contributed by atoms with Gasteiger partial charge >= 0.3 is 0 Å². The molecule has 27 heavy (non-hydrogen) atoms. The molecule has 0 N–H and O–H groups in total. The predicted octanol–water partition coefficient (Wildman–Crippen LogP) is 4.22. The van der Waals surface area contributed by atoms with Crippen LogP contribution in [0, 0.1) is 12.9 Å². The van der Waals surface area contributed by atoms with Crippen molar-refractivity contribution in [3.63, 3.8) is 0 Å². The number of ether oxygens (including phenoxy) is 1. The van der Waals surface area contributed by atoms with Crippen LogP contribution in [0.15, 0.2) is 65.6 Å². The number of aromatic nitrogens is 4. The number of pyridine rings is 2. The Hall–Kier alpha value is -3.61. The molecule has 134 valence electrons. The van der Waals surface area contributed by atoms with Gasteiger partial charge in [0.1, 0.15) is 12.4 Å². The molecular weight excluding hydrogens is 347 g/mol. The smallest absolute Gasteiger partial charge is 0.262 e. The molecule has 3 heterocycles. The van der Waals surface area contributed by atoms with Crippen LogP contribution >= 0.6 is 0 Å². The Morgan fingerprint density at radius 2 is 2.04 bits per heavy atom. The summed E-state index contributed by atoms with van der Waals surface area (Å²) in [7, 11) is 0. The van der Waals surface area contributed by atoms with Gasteiger partial charge in [0.15, 0.2) is 0 Å². The minimum Gasteiger partial charge on any atom is -0.489 e. The van der Waals surface area contributed by atoms with Crippen molar-refractivity contribution >= 4 is 0 Å². The highest BCUT2D eigenvalue weighted by atomic mass is 19.1. The zero-order valence-electron chi connectivity index (χ0n) is 14.5. The van der Waals surface area contributed by atoms with Gasteiger partial charge in [-0.15, -0.1) is 0 Å². The minimum absolute atomic E-state index is 0.0837. The standard InChI is InChI=1S/C20H15FN4O2/c1-13-8-17(18(21)23-10-13)20-24-19(25-27-20)15-5-2-6-16(9-15)26-12-14-4-3-7-22-11-14/h2-11H,12H2,1H3. The van der Waals surface area contributed by atoms with Gasteiger partial charge in [-0.25, -0.2) is 4.98 Å². The van der Waals surface area contributed by atoms with Crippen LogP contribution in [0.2, 0.25) is 0 Å². The van der Waals surface area contributed by atoms with Gasteiger partial charge in [-0.3, -0.25) is 4.98 Å². The lowest BCUT2D eigenvalue weighted by Crippen LogP contribution is -1.96. The Labute approximate surface area is 154 Å². The normalized spacial score (nSPS) is 10.7. The van der Waals surface area contributed by atoms with Crippen molar-refractivity contribution in [2.24, 2.45) is 0 Å². The molecule has 1 aromatic carbocycles. The van der Waals surface area contributed by atoms with Crippen molar-refractivity contribution in [2.45, 2.75) is 13.5 Å². The fourth-order valence-electron chi connectivity index (χ4n) is 2.53. The summed E-state index contributed by atoms with van der Waals surface area (Å²) in [6, 6.07) is 12.7. The second kappa shape index (κ2) is 7.33. The first-order valence-electron chi connectivity index (χ1n) is 8.27. The molecule has 0 amide bonds. The molecule has 0 bridgehead atoms. The summed E-state index contributed by atoms with van der Waals surface area (Å²) in [5, 5.41) is 3.95. The van der Waals surface area contributed by atoms with Gasteiger partial charge in [0.05, 0.1) is 5.56 Å². The minimum atomic E-state index is -0.649. The first kappa shape index (κ1) is 16.8. The molecule has 0 unspecified atom stereocenters. The third kappa shape index (κ3) is 3.82. The lowest BCUT2D eigenvalue weighted by Gasteiger charge is -2.06. The van der Waals surface area contributed by atoms with Crippen LogP contribution < -0.4 is 4.74 Å². The van der Waals surface area contributed by atoms with Crippen molar-refractivity contribution < 1.29 is 13.7 Å². The molecule has 0 spiro atoms. The third-order valence-corrected chi connectivity index (χ3v) is 3.85. The Balaban J connectivity index is 1.56. The topological polar surface area (TPSA) is 73.9 Å². The zero-order valence-corrected chi connectivity index (χ0v) is 14.5. The molecular formula is C20H15FN4O2. The quantitative estimate of drug-likeness (QED) is 0.495. The highest BCUT2D eigenvalue weighted by Crippen LogP contribution is 2.26. The second-order valence-electron chi connectivity index (χ2n) is 5.95. The Morgan fingerprint density at radius 1 is 1.11 bits per heavy atom. The SMILES string of the molecule is Cc1cnc(F)c(-c2nc(-c3cccc(OCc4cccnc4)c3)no2)c1. The molecule has 0 aliphatic heterocycles. The number of nitrogens with zero attached hydrogens (tertiary/aromatic N) is 4. The van der Waals surface area contributed by atoms with Crippen molar-refractivity contribution in [3.05, 3.63) is 78.1 Å². The third-order valence-electron chi connectivity index (χ3n) is 3.85. The first-order valence-corrected chi connectivity index (χ1v) is 8.27. The van der Waals surface area contributed by atoms with Crippen LogP contribution in [0.25, 0.3) is 22.8 Å². The molecule has 0 saturated carbocycles. The predicted molar refractivity (Wildman–Crippen MR) is 96.2 cm³/mol. The van der Waals surface area contributed by atoms with E-state index in [9.17, 15) is 4.39 Å². The largest absolute Gasteiger partial charge is 0.489 e. The van der Waals surface area contributed by atoms with Crippen LogP contribution in [0.3, 0.4) is 0 Å². The van der Waals surface area contributed by atoms with E-state index in [-0.39, 0.29) is 11.5 Å². The van der Waals surface area contributed by atoms with Crippen LogP contribution in [0.1, 0.15) is 11.1 Å². The van der Waals surface area contributed by atoms with Crippen LogP contribution in [0.5, 0.6) is 5.75 Å². The number of hydrogen-bond donors (Lipinski definition) is 0. The van der Waals surface area contributed by atoms with Gasteiger partial charge < -0.3 is 9.26 Å². The molecule has 0 aliphatic rings. The molecule has 4 aromatic rings. The highest BCUT2D eigenvalue weighted by molar-refractivity contribution is 5.61. The van der Waals surface area contributed by atoms with E-state index in [0.717, 1.165) is 11.1 Å². The Bertz CT molecular complexity index is 1070. The maximum Gasteiger partial charge on any atom is 0.262 e. The van der Waals surface area contributed by atoms with E-state index in [2.05, 4.69) is 20.1 Å². The van der Waals surface area contributed by atoms with Crippen LogP contribution in [0.4, 0.5) is 4.39 Å². The number of benzene rings is 1. The van der Waals surface area contributed by atoms with Gasteiger partial charge in [0.25, 0.3) is 5.89 Å². The maximum atomic E-state index is 13.9. The molecule has 0 aliphatic carbocycles.